The van der Waals surface area contributed by atoms with Gasteiger partial charge in [0.1, 0.15) is 0 Å². The average Bonchev–Trinajstić information content (AvgIpc) is 2.75. The maximum Gasteiger partial charge on any atom is 0.0713 e. The summed E-state index contributed by atoms with van der Waals surface area (Å²) in [7, 11) is 1.75. The Morgan fingerprint density at radius 2 is 1.85 bits per heavy atom. The summed E-state index contributed by atoms with van der Waals surface area (Å²) < 4.78 is 5.20. The van der Waals surface area contributed by atoms with Crippen LogP contribution in [-0.4, -0.2) is 13.2 Å². The molecule has 2 nitrogen and oxygen atoms in total. The third-order valence-corrected chi connectivity index (χ3v) is 4.54. The van der Waals surface area contributed by atoms with Gasteiger partial charge in [-0.15, -0.1) is 0 Å². The van der Waals surface area contributed by atoms with Crippen LogP contribution in [0.5, 0.6) is 0 Å². The Labute approximate surface area is 123 Å². The lowest BCUT2D eigenvalue weighted by Gasteiger charge is -2.23. The SMILES string of the molecule is COCc1cccc(CN[C@@H](C)C2CCCCCC2)c1. The van der Waals surface area contributed by atoms with Gasteiger partial charge in [-0.25, -0.2) is 0 Å². The first-order valence-corrected chi connectivity index (χ1v) is 8.09. The standard InChI is InChI=1S/C18H29NO/c1-15(18-10-5-3-4-6-11-18)19-13-16-8-7-9-17(12-16)14-20-2/h7-9,12,15,18-19H,3-6,10-11,13-14H2,1-2H3/t15-/m0/s1. The Balaban J connectivity index is 1.82. The van der Waals surface area contributed by atoms with E-state index in [0.29, 0.717) is 12.6 Å². The van der Waals surface area contributed by atoms with Gasteiger partial charge in [0, 0.05) is 19.7 Å². The van der Waals surface area contributed by atoms with Crippen molar-refractivity contribution in [1.82, 2.24) is 5.32 Å². The average molecular weight is 275 g/mol. The smallest absolute Gasteiger partial charge is 0.0713 e. The molecule has 1 N–H and O–H groups in total. The number of hydrogen-bond acceptors (Lipinski definition) is 2. The van der Waals surface area contributed by atoms with Crippen molar-refractivity contribution >= 4 is 0 Å². The topological polar surface area (TPSA) is 21.3 Å². The molecule has 0 unspecified atom stereocenters. The van der Waals surface area contributed by atoms with Gasteiger partial charge in [0.05, 0.1) is 6.61 Å². The number of benzene rings is 1. The highest BCUT2D eigenvalue weighted by Gasteiger charge is 2.18. The highest BCUT2D eigenvalue weighted by atomic mass is 16.5. The maximum absolute atomic E-state index is 5.20. The summed E-state index contributed by atoms with van der Waals surface area (Å²) in [6.45, 7) is 4.02. The van der Waals surface area contributed by atoms with E-state index in [2.05, 4.69) is 36.5 Å². The molecule has 1 aromatic carbocycles. The highest BCUT2D eigenvalue weighted by Crippen LogP contribution is 2.25. The quantitative estimate of drug-likeness (QED) is 0.782. The number of rotatable bonds is 6. The van der Waals surface area contributed by atoms with Gasteiger partial charge in [-0.05, 0) is 36.8 Å². The molecule has 20 heavy (non-hydrogen) atoms. The van der Waals surface area contributed by atoms with Crippen LogP contribution >= 0.6 is 0 Å². The molecule has 1 saturated carbocycles. The van der Waals surface area contributed by atoms with Crippen LogP contribution in [0, 0.1) is 5.92 Å². The molecule has 0 radical (unpaired) electrons. The lowest BCUT2D eigenvalue weighted by Crippen LogP contribution is -2.32. The molecule has 0 amide bonds. The lowest BCUT2D eigenvalue weighted by molar-refractivity contribution is 0.185. The van der Waals surface area contributed by atoms with Crippen LogP contribution in [0.2, 0.25) is 0 Å². The van der Waals surface area contributed by atoms with Gasteiger partial charge in [0.2, 0.25) is 0 Å². The second-order valence-electron chi connectivity index (χ2n) is 6.17. The third-order valence-electron chi connectivity index (χ3n) is 4.54. The van der Waals surface area contributed by atoms with Gasteiger partial charge in [0.15, 0.2) is 0 Å². The molecule has 112 valence electrons. The van der Waals surface area contributed by atoms with Crippen molar-refractivity contribution in [3.8, 4) is 0 Å². The van der Waals surface area contributed by atoms with Crippen LogP contribution in [0.4, 0.5) is 0 Å². The van der Waals surface area contributed by atoms with E-state index in [1.807, 2.05) is 0 Å². The number of nitrogens with one attached hydrogen (secondary N) is 1. The van der Waals surface area contributed by atoms with E-state index in [0.717, 1.165) is 12.5 Å². The first-order chi connectivity index (χ1) is 9.79. The van der Waals surface area contributed by atoms with E-state index in [9.17, 15) is 0 Å². The minimum Gasteiger partial charge on any atom is -0.380 e. The molecule has 0 heterocycles. The zero-order valence-corrected chi connectivity index (χ0v) is 13.0. The monoisotopic (exact) mass is 275 g/mol. The first-order valence-electron chi connectivity index (χ1n) is 8.09. The summed E-state index contributed by atoms with van der Waals surface area (Å²) in [5, 5.41) is 3.72. The predicted molar refractivity (Wildman–Crippen MR) is 84.6 cm³/mol. The molecule has 1 atom stereocenters. The second-order valence-corrected chi connectivity index (χ2v) is 6.17. The molecule has 0 spiro atoms. The molecular formula is C18H29NO. The predicted octanol–water partition coefficient (Wildman–Crippen LogP) is 4.28. The molecule has 0 saturated heterocycles. The van der Waals surface area contributed by atoms with E-state index in [-0.39, 0.29) is 0 Å². The second kappa shape index (κ2) is 8.43. The van der Waals surface area contributed by atoms with E-state index >= 15 is 0 Å². The zero-order valence-electron chi connectivity index (χ0n) is 13.0. The van der Waals surface area contributed by atoms with E-state index in [1.165, 1.54) is 49.7 Å². The Kier molecular flexibility index (Phi) is 6.55. The van der Waals surface area contributed by atoms with Crippen molar-refractivity contribution in [3.05, 3.63) is 35.4 Å². The van der Waals surface area contributed by atoms with Crippen LogP contribution in [-0.2, 0) is 17.9 Å². The maximum atomic E-state index is 5.20. The third kappa shape index (κ3) is 4.92. The Bertz CT molecular complexity index is 383. The number of methoxy groups -OCH3 is 1. The summed E-state index contributed by atoms with van der Waals surface area (Å²) in [5.74, 6) is 0.861. The normalized spacial score (nSPS) is 18.7. The van der Waals surface area contributed by atoms with Crippen LogP contribution in [0.25, 0.3) is 0 Å². The van der Waals surface area contributed by atoms with Crippen molar-refractivity contribution in [3.63, 3.8) is 0 Å². The van der Waals surface area contributed by atoms with Gasteiger partial charge < -0.3 is 10.1 Å². The molecule has 1 aromatic rings. The van der Waals surface area contributed by atoms with Crippen molar-refractivity contribution in [2.24, 2.45) is 5.92 Å². The molecule has 1 aliphatic carbocycles. The van der Waals surface area contributed by atoms with Crippen LogP contribution in [0.3, 0.4) is 0 Å². The summed E-state index contributed by atoms with van der Waals surface area (Å²) in [5.41, 5.74) is 2.62. The Morgan fingerprint density at radius 3 is 2.55 bits per heavy atom. The van der Waals surface area contributed by atoms with Gasteiger partial charge >= 0.3 is 0 Å². The summed E-state index contributed by atoms with van der Waals surface area (Å²) >= 11 is 0. The van der Waals surface area contributed by atoms with Crippen molar-refractivity contribution in [2.75, 3.05) is 7.11 Å². The molecule has 2 rings (SSSR count). The summed E-state index contributed by atoms with van der Waals surface area (Å²) in [4.78, 5) is 0. The lowest BCUT2D eigenvalue weighted by atomic mass is 9.93. The largest absolute Gasteiger partial charge is 0.380 e. The molecule has 1 aliphatic rings. The van der Waals surface area contributed by atoms with Crippen LogP contribution in [0.15, 0.2) is 24.3 Å². The molecule has 0 aromatic heterocycles. The minimum atomic E-state index is 0.624. The molecule has 0 aliphatic heterocycles. The van der Waals surface area contributed by atoms with Crippen LogP contribution < -0.4 is 5.32 Å². The first kappa shape index (κ1) is 15.5. The fourth-order valence-corrected chi connectivity index (χ4v) is 3.25. The van der Waals surface area contributed by atoms with Crippen LogP contribution in [0.1, 0.15) is 56.6 Å². The van der Waals surface area contributed by atoms with Crippen molar-refractivity contribution in [2.45, 2.75) is 64.6 Å². The van der Waals surface area contributed by atoms with E-state index in [4.69, 9.17) is 4.74 Å². The summed E-state index contributed by atoms with van der Waals surface area (Å²) in [6, 6.07) is 9.32. The fourth-order valence-electron chi connectivity index (χ4n) is 3.25. The fraction of sp³-hybridized carbons (Fsp3) is 0.667. The van der Waals surface area contributed by atoms with Gasteiger partial charge in [-0.3, -0.25) is 0 Å². The van der Waals surface area contributed by atoms with Crippen molar-refractivity contribution < 1.29 is 4.74 Å². The highest BCUT2D eigenvalue weighted by molar-refractivity contribution is 5.22. The van der Waals surface area contributed by atoms with E-state index < -0.39 is 0 Å². The van der Waals surface area contributed by atoms with Gasteiger partial charge in [0.25, 0.3) is 0 Å². The molecular weight excluding hydrogens is 246 g/mol. The molecule has 2 heteroatoms. The molecule has 1 fully saturated rings. The zero-order chi connectivity index (χ0) is 14.2. The summed E-state index contributed by atoms with van der Waals surface area (Å²) in [6.07, 6.45) is 8.50. The number of ether oxygens (including phenoxy) is 1. The van der Waals surface area contributed by atoms with Gasteiger partial charge in [-0.1, -0.05) is 49.9 Å². The van der Waals surface area contributed by atoms with Crippen molar-refractivity contribution in [1.29, 1.82) is 0 Å². The van der Waals surface area contributed by atoms with E-state index in [1.54, 1.807) is 7.11 Å². The minimum absolute atomic E-state index is 0.624. The Hall–Kier alpha value is -0.860. The molecule has 0 bridgehead atoms. The number of hydrogen-bond donors (Lipinski definition) is 1. The Morgan fingerprint density at radius 1 is 1.15 bits per heavy atom. The van der Waals surface area contributed by atoms with Gasteiger partial charge in [-0.2, -0.15) is 0 Å².